The van der Waals surface area contributed by atoms with E-state index in [2.05, 4.69) is 222 Å². The summed E-state index contributed by atoms with van der Waals surface area (Å²) in [5.41, 5.74) is 5.15. The maximum atomic E-state index is 2.47. The van der Waals surface area contributed by atoms with E-state index in [1.165, 1.54) is 89.9 Å². The van der Waals surface area contributed by atoms with Crippen LogP contribution in [0, 0.1) is 113 Å². The minimum Gasteiger partial charge on any atom is -0.0776 e. The molecule has 0 spiro atoms. The lowest BCUT2D eigenvalue weighted by Gasteiger charge is -2.49. The molecule has 10 atom stereocenters. The van der Waals surface area contributed by atoms with Crippen LogP contribution in [0.15, 0.2) is 0 Å². The van der Waals surface area contributed by atoms with Gasteiger partial charge in [0.15, 0.2) is 0 Å². The normalized spacial score (nSPS) is 27.5. The van der Waals surface area contributed by atoms with Gasteiger partial charge in [-0.05, 0) is 184 Å². The minimum atomic E-state index is 0. The highest BCUT2D eigenvalue weighted by Crippen LogP contribution is 2.56. The number of fused-ring (bicyclic) bond motifs is 1. The fourth-order valence-electron chi connectivity index (χ4n) is 12.7. The van der Waals surface area contributed by atoms with Gasteiger partial charge in [-0.1, -0.05) is 290 Å². The number of rotatable bonds is 0. The van der Waals surface area contributed by atoms with Crippen molar-refractivity contribution in [2.75, 3.05) is 0 Å². The Morgan fingerprint density at radius 3 is 0.644 bits per heavy atom. The summed E-state index contributed by atoms with van der Waals surface area (Å²) >= 11 is 0. The van der Waals surface area contributed by atoms with E-state index in [-0.39, 0.29) is 8.85 Å². The van der Waals surface area contributed by atoms with Crippen molar-refractivity contribution < 1.29 is 1.43 Å². The zero-order valence-corrected chi connectivity index (χ0v) is 58.7. The molecule has 0 aromatic carbocycles. The summed E-state index contributed by atoms with van der Waals surface area (Å²) in [6.45, 7) is 87.4. The van der Waals surface area contributed by atoms with E-state index in [0.717, 1.165) is 59.2 Å². The minimum absolute atomic E-state index is 0. The number of hydrogen-bond donors (Lipinski definition) is 0. The molecule has 0 radical (unpaired) electrons. The van der Waals surface area contributed by atoms with Gasteiger partial charge in [-0.25, -0.2) is 0 Å². The molecule has 5 saturated carbocycles. The first-order valence-corrected chi connectivity index (χ1v) is 31.8. The fraction of sp³-hybridized carbons (Fsp3) is 1.00. The van der Waals surface area contributed by atoms with Gasteiger partial charge in [0.05, 0.1) is 0 Å². The van der Waals surface area contributed by atoms with Crippen LogP contribution in [0.2, 0.25) is 0 Å². The standard InChI is InChI=1S/C17H32.3C13H26.2C5H12.3C2H6.CH4.H2/c1-16(2,3)13-10-12-8-7-9-14(12)15(11-13)17(4,5)6;2*1-12(2,3)10-7-8-11(9-10)13(4,5)6;1-12(2,3)10-8-7-9-11(10)13(4,5)6;2*1-5(2,3)4;3*1-2;;/h12-15H,7-11H2,1-6H3;3*10-11H,7-9H2,1-6H3;2*1-4H3;3*1-2H3;1H4;1H/i;;;;;;;;;;1+1. The van der Waals surface area contributed by atoms with Crippen LogP contribution in [-0.4, -0.2) is 0 Å². The SMILES string of the molecule is C.CC.CC.CC.CC(C)(C)C.CC(C)(C)C.CC(C)(C)C1CC2CCCC2C(C(C)(C)C)C1.CC(C)(C)C1CCC(C(C)(C)C)C1.CC(C)(C)C1CCC(C(C)(C)C)C1.CC(C)(C)C1CCCC1C(C)(C)C.[2HH]. The van der Waals surface area contributed by atoms with Gasteiger partial charge in [-0.2, -0.15) is 0 Å². The van der Waals surface area contributed by atoms with Crippen molar-refractivity contribution in [3.8, 4) is 0 Å². The van der Waals surface area contributed by atoms with Crippen LogP contribution in [0.1, 0.15) is 362 Å². The summed E-state index contributed by atoms with van der Waals surface area (Å²) in [5, 5.41) is 0. The Morgan fingerprint density at radius 2 is 0.452 bits per heavy atom. The Balaban J connectivity index is -0.000000189. The Hall–Kier alpha value is 0. The second-order valence-electron chi connectivity index (χ2n) is 35.6. The van der Waals surface area contributed by atoms with Gasteiger partial charge in [0, 0.05) is 1.43 Å². The molecule has 0 heterocycles. The van der Waals surface area contributed by atoms with Crippen LogP contribution in [0.5, 0.6) is 0 Å². The summed E-state index contributed by atoms with van der Waals surface area (Å²) in [6, 6.07) is 0. The maximum absolute atomic E-state index is 2.47. The van der Waals surface area contributed by atoms with Crippen LogP contribution in [0.25, 0.3) is 0 Å². The van der Waals surface area contributed by atoms with Crippen LogP contribution < -0.4 is 0 Å². The Labute approximate surface area is 473 Å². The fourth-order valence-corrected chi connectivity index (χ4v) is 12.7. The molecule has 0 bridgehead atoms. The molecular formula is C73H158. The van der Waals surface area contributed by atoms with Crippen molar-refractivity contribution >= 4 is 0 Å². The van der Waals surface area contributed by atoms with Crippen molar-refractivity contribution in [1.82, 2.24) is 0 Å². The molecule has 5 rings (SSSR count). The van der Waals surface area contributed by atoms with Gasteiger partial charge in [0.25, 0.3) is 0 Å². The zero-order chi connectivity index (χ0) is 58.7. The average molecular weight is 1040 g/mol. The van der Waals surface area contributed by atoms with Gasteiger partial charge in [0.1, 0.15) is 0 Å². The average Bonchev–Trinajstić information content (AvgIpc) is 4.01. The monoisotopic (exact) mass is 1040 g/mol. The van der Waals surface area contributed by atoms with Crippen LogP contribution in [0.4, 0.5) is 0 Å². The molecule has 0 saturated heterocycles. The van der Waals surface area contributed by atoms with E-state index in [4.69, 9.17) is 0 Å². The molecule has 0 heteroatoms. The smallest absolute Gasteiger partial charge is 0 e. The number of hydrogen-bond acceptors (Lipinski definition) is 0. The van der Waals surface area contributed by atoms with E-state index < -0.39 is 0 Å². The maximum Gasteiger partial charge on any atom is 0 e. The molecule has 0 N–H and O–H groups in total. The third-order valence-electron chi connectivity index (χ3n) is 17.2. The lowest BCUT2D eigenvalue weighted by atomic mass is 9.57. The van der Waals surface area contributed by atoms with Crippen LogP contribution in [0.3, 0.4) is 0 Å². The first-order chi connectivity index (χ1) is 31.8. The summed E-state index contributed by atoms with van der Waals surface area (Å²) in [5.74, 6) is 9.71. The first kappa shape index (κ1) is 81.8. The predicted octanol–water partition coefficient (Wildman–Crippen LogP) is 27.1. The van der Waals surface area contributed by atoms with Crippen molar-refractivity contribution in [1.29, 1.82) is 0 Å². The summed E-state index contributed by atoms with van der Waals surface area (Å²) in [7, 11) is 0. The Kier molecular flexibility index (Phi) is 37.6. The molecule has 450 valence electrons. The molecule has 0 nitrogen and oxygen atoms in total. The van der Waals surface area contributed by atoms with Crippen molar-refractivity contribution in [3.05, 3.63) is 0 Å². The van der Waals surface area contributed by atoms with Crippen LogP contribution >= 0.6 is 0 Å². The van der Waals surface area contributed by atoms with Gasteiger partial charge in [-0.15, -0.1) is 0 Å². The van der Waals surface area contributed by atoms with Gasteiger partial charge in [-0.3, -0.25) is 0 Å². The van der Waals surface area contributed by atoms with E-state index in [9.17, 15) is 0 Å². The molecule has 0 aliphatic heterocycles. The molecule has 0 aromatic heterocycles. The lowest BCUT2D eigenvalue weighted by molar-refractivity contribution is 0.00857. The van der Waals surface area contributed by atoms with Gasteiger partial charge < -0.3 is 0 Å². The summed E-state index contributed by atoms with van der Waals surface area (Å²) < 4.78 is 0. The summed E-state index contributed by atoms with van der Waals surface area (Å²) in [4.78, 5) is 0. The zero-order valence-electron chi connectivity index (χ0n) is 58.7. The second kappa shape index (κ2) is 33.6. The topological polar surface area (TPSA) is 0 Å². The molecule has 10 unspecified atom stereocenters. The first-order valence-electron chi connectivity index (χ1n) is 31.8. The molecule has 0 aromatic rings. The highest BCUT2D eigenvalue weighted by molar-refractivity contribution is 4.97. The molecule has 0 amide bonds. The predicted molar refractivity (Wildman–Crippen MR) is 348 cm³/mol. The van der Waals surface area contributed by atoms with E-state index in [0.29, 0.717) is 54.1 Å². The van der Waals surface area contributed by atoms with E-state index in [1.54, 1.807) is 0 Å². The quantitative estimate of drug-likeness (QED) is 0.227. The summed E-state index contributed by atoms with van der Waals surface area (Å²) in [6.07, 6.45) is 20.6. The van der Waals surface area contributed by atoms with E-state index >= 15 is 0 Å². The molecule has 5 aliphatic carbocycles. The van der Waals surface area contributed by atoms with Crippen molar-refractivity contribution in [2.45, 2.75) is 360 Å². The van der Waals surface area contributed by atoms with Gasteiger partial charge in [0.2, 0.25) is 0 Å². The van der Waals surface area contributed by atoms with Crippen molar-refractivity contribution in [2.24, 2.45) is 113 Å². The highest BCUT2D eigenvalue weighted by Gasteiger charge is 2.47. The third-order valence-corrected chi connectivity index (χ3v) is 17.2. The third kappa shape index (κ3) is 36.7. The lowest BCUT2D eigenvalue weighted by Crippen LogP contribution is -2.40. The second-order valence-corrected chi connectivity index (χ2v) is 35.6. The molecule has 5 fully saturated rings. The Morgan fingerprint density at radius 1 is 0.233 bits per heavy atom. The van der Waals surface area contributed by atoms with E-state index in [1.807, 2.05) is 41.5 Å². The highest BCUT2D eigenvalue weighted by atomic mass is 14.5. The molecular weight excluding hydrogens is 877 g/mol. The molecule has 5 aliphatic rings. The van der Waals surface area contributed by atoms with Crippen molar-refractivity contribution in [3.63, 3.8) is 0 Å². The molecule has 73 heavy (non-hydrogen) atoms. The van der Waals surface area contributed by atoms with Gasteiger partial charge >= 0.3 is 0 Å². The largest absolute Gasteiger partial charge is 0.0776 e. The Bertz CT molecular complexity index is 1180. The van der Waals surface area contributed by atoms with Crippen LogP contribution in [-0.2, 0) is 0 Å².